The molecule has 100 valence electrons. The first-order chi connectivity index (χ1) is 8.94. The van der Waals surface area contributed by atoms with Crippen LogP contribution in [0.5, 0.6) is 5.75 Å². The summed E-state index contributed by atoms with van der Waals surface area (Å²) in [7, 11) is 0. The predicted octanol–water partition coefficient (Wildman–Crippen LogP) is 5.39. The summed E-state index contributed by atoms with van der Waals surface area (Å²) in [5, 5.41) is 2.06. The van der Waals surface area contributed by atoms with Crippen LogP contribution in [-0.2, 0) is 6.42 Å². The van der Waals surface area contributed by atoms with Crippen molar-refractivity contribution >= 4 is 45.5 Å². The van der Waals surface area contributed by atoms with Crippen LogP contribution < -0.4 is 4.74 Å². The first-order valence-electron chi connectivity index (χ1n) is 6.14. The summed E-state index contributed by atoms with van der Waals surface area (Å²) >= 11 is 10.6. The molecule has 0 spiro atoms. The Hall–Kier alpha value is -0.260. The Kier molecular flexibility index (Phi) is 3.56. The van der Waals surface area contributed by atoms with Crippen molar-refractivity contribution in [2.75, 3.05) is 0 Å². The first-order valence-corrected chi connectivity index (χ1v) is 8.54. The normalized spacial score (nSPS) is 17.9. The summed E-state index contributed by atoms with van der Waals surface area (Å²) < 4.78 is 7.16. The number of alkyl halides is 1. The number of thiophene rings is 1. The second-order valence-corrected chi connectivity index (χ2v) is 8.69. The van der Waals surface area contributed by atoms with Gasteiger partial charge >= 0.3 is 0 Å². The Bertz CT molecular complexity index is 620. The van der Waals surface area contributed by atoms with Crippen molar-refractivity contribution in [1.29, 1.82) is 0 Å². The molecule has 4 heteroatoms. The van der Waals surface area contributed by atoms with Gasteiger partial charge in [0.05, 0.1) is 8.26 Å². The van der Waals surface area contributed by atoms with E-state index in [9.17, 15) is 0 Å². The molecule has 0 saturated carbocycles. The van der Waals surface area contributed by atoms with Crippen molar-refractivity contribution in [2.45, 2.75) is 31.2 Å². The summed E-state index contributed by atoms with van der Waals surface area (Å²) in [4.78, 5) is 0. The number of hydrogen-bond donors (Lipinski definition) is 0. The molecule has 1 unspecified atom stereocenters. The summed E-state index contributed by atoms with van der Waals surface area (Å²) in [5.74, 6) is 0.998. The van der Waals surface area contributed by atoms with Gasteiger partial charge in [-0.15, -0.1) is 22.9 Å². The number of rotatable bonds is 2. The Morgan fingerprint density at radius 1 is 1.32 bits per heavy atom. The molecule has 0 saturated heterocycles. The van der Waals surface area contributed by atoms with Gasteiger partial charge in [-0.05, 0) is 70.6 Å². The molecule has 19 heavy (non-hydrogen) atoms. The highest BCUT2D eigenvalue weighted by Gasteiger charge is 2.30. The second kappa shape index (κ2) is 4.93. The molecule has 3 rings (SSSR count). The van der Waals surface area contributed by atoms with Crippen molar-refractivity contribution in [3.63, 3.8) is 0 Å². The van der Waals surface area contributed by atoms with Crippen LogP contribution in [-0.4, -0.2) is 5.60 Å². The van der Waals surface area contributed by atoms with Gasteiger partial charge in [0.1, 0.15) is 11.4 Å². The van der Waals surface area contributed by atoms with Crippen LogP contribution in [0.4, 0.5) is 0 Å². The second-order valence-electron chi connectivity index (χ2n) is 5.45. The molecule has 0 bridgehead atoms. The minimum absolute atomic E-state index is 0.0752. The lowest BCUT2D eigenvalue weighted by Gasteiger charge is -2.16. The third-order valence-corrected chi connectivity index (χ3v) is 5.57. The van der Waals surface area contributed by atoms with E-state index in [1.165, 1.54) is 14.0 Å². The molecule has 1 aromatic heterocycles. The van der Waals surface area contributed by atoms with Crippen LogP contribution in [0.3, 0.4) is 0 Å². The van der Waals surface area contributed by atoms with Crippen LogP contribution in [0.25, 0.3) is 0 Å². The van der Waals surface area contributed by atoms with Gasteiger partial charge in [0.2, 0.25) is 0 Å². The fourth-order valence-corrected chi connectivity index (χ4v) is 4.17. The van der Waals surface area contributed by atoms with Gasteiger partial charge < -0.3 is 4.74 Å². The largest absolute Gasteiger partial charge is 0.487 e. The predicted molar refractivity (Wildman–Crippen MR) is 89.6 cm³/mol. The molecule has 1 aliphatic heterocycles. The van der Waals surface area contributed by atoms with E-state index in [0.717, 1.165) is 17.7 Å². The molecule has 2 aromatic rings. The molecule has 0 fully saturated rings. The number of fused-ring (bicyclic) bond motifs is 1. The average molecular weight is 405 g/mol. The Labute approximate surface area is 136 Å². The molecule has 0 radical (unpaired) electrons. The van der Waals surface area contributed by atoms with E-state index < -0.39 is 0 Å². The van der Waals surface area contributed by atoms with Crippen LogP contribution in [0.1, 0.15) is 35.9 Å². The molecule has 2 heterocycles. The smallest absolute Gasteiger partial charge is 0.123 e. The molecule has 1 aromatic carbocycles. The standard InChI is InChI=1S/C15H14ClIOS/c1-15(2)7-10-5-9(3-4-12(10)18-15)14(16)11-6-13(17)19-8-11/h3-6,8,14H,7H2,1-2H3. The van der Waals surface area contributed by atoms with E-state index >= 15 is 0 Å². The van der Waals surface area contributed by atoms with Gasteiger partial charge in [0.25, 0.3) is 0 Å². The summed E-state index contributed by atoms with van der Waals surface area (Å²) in [5.41, 5.74) is 3.49. The van der Waals surface area contributed by atoms with E-state index in [2.05, 4.69) is 60.0 Å². The fourth-order valence-electron chi connectivity index (χ4n) is 2.44. The molecule has 1 aliphatic rings. The fraction of sp³-hybridized carbons (Fsp3) is 0.333. The minimum Gasteiger partial charge on any atom is -0.487 e. The van der Waals surface area contributed by atoms with Crippen molar-refractivity contribution in [3.8, 4) is 5.75 Å². The zero-order valence-electron chi connectivity index (χ0n) is 10.7. The SMILES string of the molecule is CC1(C)Cc2cc(C(Cl)c3csc(I)c3)ccc2O1. The van der Waals surface area contributed by atoms with Gasteiger partial charge in [-0.3, -0.25) is 0 Å². The van der Waals surface area contributed by atoms with Crippen LogP contribution in [0.15, 0.2) is 29.6 Å². The lowest BCUT2D eigenvalue weighted by atomic mass is 9.98. The topological polar surface area (TPSA) is 9.23 Å². The van der Waals surface area contributed by atoms with E-state index in [1.807, 2.05) is 6.07 Å². The van der Waals surface area contributed by atoms with Crippen molar-refractivity contribution < 1.29 is 4.74 Å². The summed E-state index contributed by atoms with van der Waals surface area (Å²) in [6.45, 7) is 4.23. The number of ether oxygens (including phenoxy) is 1. The van der Waals surface area contributed by atoms with E-state index in [1.54, 1.807) is 11.3 Å². The molecular formula is C15H14ClIOS. The van der Waals surface area contributed by atoms with Crippen LogP contribution >= 0.6 is 45.5 Å². The summed E-state index contributed by atoms with van der Waals surface area (Å²) in [6, 6.07) is 8.46. The van der Waals surface area contributed by atoms with Crippen LogP contribution in [0.2, 0.25) is 0 Å². The maximum absolute atomic E-state index is 6.58. The van der Waals surface area contributed by atoms with Gasteiger partial charge in [-0.2, -0.15) is 0 Å². The molecule has 0 aliphatic carbocycles. The lowest BCUT2D eigenvalue weighted by Crippen LogP contribution is -2.24. The zero-order valence-corrected chi connectivity index (χ0v) is 14.5. The van der Waals surface area contributed by atoms with Crippen molar-refractivity contribution in [2.24, 2.45) is 0 Å². The third kappa shape index (κ3) is 2.78. The van der Waals surface area contributed by atoms with Crippen molar-refractivity contribution in [1.82, 2.24) is 0 Å². The van der Waals surface area contributed by atoms with Gasteiger partial charge in [0, 0.05) is 6.42 Å². The molecule has 0 amide bonds. The van der Waals surface area contributed by atoms with Crippen LogP contribution in [0, 0.1) is 2.88 Å². The maximum Gasteiger partial charge on any atom is 0.123 e. The maximum atomic E-state index is 6.58. The quantitative estimate of drug-likeness (QED) is 0.481. The van der Waals surface area contributed by atoms with Gasteiger partial charge in [-0.1, -0.05) is 12.1 Å². The van der Waals surface area contributed by atoms with Crippen molar-refractivity contribution in [3.05, 3.63) is 49.2 Å². The molecule has 1 atom stereocenters. The minimum atomic E-state index is -0.0967. The van der Waals surface area contributed by atoms with E-state index in [4.69, 9.17) is 16.3 Å². The molecule has 0 N–H and O–H groups in total. The third-order valence-electron chi connectivity index (χ3n) is 3.26. The van der Waals surface area contributed by atoms with Gasteiger partial charge in [0.15, 0.2) is 0 Å². The number of halogens is 2. The first kappa shape index (κ1) is 13.7. The lowest BCUT2D eigenvalue weighted by molar-refractivity contribution is 0.138. The van der Waals surface area contributed by atoms with E-state index in [-0.39, 0.29) is 11.0 Å². The molecule has 1 nitrogen and oxygen atoms in total. The zero-order chi connectivity index (χ0) is 13.6. The highest BCUT2D eigenvalue weighted by molar-refractivity contribution is 14.1. The van der Waals surface area contributed by atoms with E-state index in [0.29, 0.717) is 0 Å². The highest BCUT2D eigenvalue weighted by Crippen LogP contribution is 2.39. The highest BCUT2D eigenvalue weighted by atomic mass is 127. The average Bonchev–Trinajstić information content (AvgIpc) is 2.88. The number of hydrogen-bond acceptors (Lipinski definition) is 2. The molecular weight excluding hydrogens is 391 g/mol. The Balaban J connectivity index is 1.92. The summed E-state index contributed by atoms with van der Waals surface area (Å²) in [6.07, 6.45) is 0.945. The van der Waals surface area contributed by atoms with Gasteiger partial charge in [-0.25, -0.2) is 0 Å². The Morgan fingerprint density at radius 2 is 2.11 bits per heavy atom. The number of benzene rings is 1. The monoisotopic (exact) mass is 404 g/mol. The Morgan fingerprint density at radius 3 is 2.79 bits per heavy atom.